The van der Waals surface area contributed by atoms with Crippen molar-refractivity contribution >= 4 is 11.4 Å². The average Bonchev–Trinajstić information content (AvgIpc) is 1.94. The minimum atomic E-state index is 0.0525. The maximum atomic E-state index is 8.99. The van der Waals surface area contributed by atoms with Gasteiger partial charge in [0, 0.05) is 11.3 Å². The summed E-state index contributed by atoms with van der Waals surface area (Å²) in [6, 6.07) is 5.35. The molecule has 1 rings (SSSR count). The topological polar surface area (TPSA) is 46.2 Å². The fraction of sp³-hybridized carbons (Fsp3) is 0.111. The average molecular weight is 149 g/mol. The van der Waals surface area contributed by atoms with E-state index in [0.29, 0.717) is 11.3 Å². The Morgan fingerprint density at radius 1 is 1.55 bits per heavy atom. The second-order valence-corrected chi connectivity index (χ2v) is 2.52. The van der Waals surface area contributed by atoms with Crippen LogP contribution < -0.4 is 5.73 Å². The van der Waals surface area contributed by atoms with E-state index >= 15 is 0 Å². The van der Waals surface area contributed by atoms with Crippen molar-refractivity contribution in [2.75, 3.05) is 5.73 Å². The number of anilines is 1. The highest BCUT2D eigenvalue weighted by molar-refractivity contribution is 5.62. The first-order chi connectivity index (χ1) is 5.11. The van der Waals surface area contributed by atoms with Gasteiger partial charge in [-0.3, -0.25) is 0 Å². The molecule has 0 fully saturated rings. The fourth-order valence-electron chi connectivity index (χ4n) is 0.820. The van der Waals surface area contributed by atoms with Crippen molar-refractivity contribution in [3.8, 4) is 0 Å². The number of hydrogen-bond donors (Lipinski definition) is 2. The molecule has 3 N–H and O–H groups in total. The molecule has 0 atom stereocenters. The SMILES string of the molecule is C=C(O)c1ccc(C)c(N)c1. The third-order valence-corrected chi connectivity index (χ3v) is 1.61. The molecule has 2 heteroatoms. The molecule has 0 radical (unpaired) electrons. The Bertz CT molecular complexity index is 292. The Morgan fingerprint density at radius 2 is 2.18 bits per heavy atom. The largest absolute Gasteiger partial charge is 0.508 e. The van der Waals surface area contributed by atoms with Crippen molar-refractivity contribution < 1.29 is 5.11 Å². The van der Waals surface area contributed by atoms with Gasteiger partial charge in [0.15, 0.2) is 0 Å². The molecule has 0 saturated heterocycles. The molecule has 0 heterocycles. The molecular formula is C9H11NO. The van der Waals surface area contributed by atoms with Gasteiger partial charge in [-0.05, 0) is 18.6 Å². The predicted octanol–water partition coefficient (Wildman–Crippen LogP) is 2.11. The molecule has 1 aromatic carbocycles. The summed E-state index contributed by atoms with van der Waals surface area (Å²) in [7, 11) is 0. The lowest BCUT2D eigenvalue weighted by atomic mass is 10.1. The number of aliphatic hydroxyl groups excluding tert-OH is 1. The van der Waals surface area contributed by atoms with E-state index in [0.717, 1.165) is 5.56 Å². The van der Waals surface area contributed by atoms with Gasteiger partial charge in [0.05, 0.1) is 0 Å². The summed E-state index contributed by atoms with van der Waals surface area (Å²) < 4.78 is 0. The van der Waals surface area contributed by atoms with E-state index in [1.54, 1.807) is 12.1 Å². The summed E-state index contributed by atoms with van der Waals surface area (Å²) in [6.45, 7) is 5.31. The van der Waals surface area contributed by atoms with E-state index < -0.39 is 0 Å². The first-order valence-electron chi connectivity index (χ1n) is 3.35. The van der Waals surface area contributed by atoms with Crippen LogP contribution in [0.1, 0.15) is 11.1 Å². The van der Waals surface area contributed by atoms with Crippen LogP contribution in [0.15, 0.2) is 24.8 Å². The monoisotopic (exact) mass is 149 g/mol. The highest BCUT2D eigenvalue weighted by Crippen LogP contribution is 2.16. The zero-order valence-corrected chi connectivity index (χ0v) is 6.46. The molecule has 0 saturated carbocycles. The number of aliphatic hydroxyl groups is 1. The van der Waals surface area contributed by atoms with Crippen molar-refractivity contribution in [1.82, 2.24) is 0 Å². The van der Waals surface area contributed by atoms with Gasteiger partial charge < -0.3 is 10.8 Å². The number of nitrogen functional groups attached to an aromatic ring is 1. The van der Waals surface area contributed by atoms with Gasteiger partial charge in [-0.25, -0.2) is 0 Å². The number of benzene rings is 1. The second kappa shape index (κ2) is 2.66. The quantitative estimate of drug-likeness (QED) is 0.474. The van der Waals surface area contributed by atoms with Crippen LogP contribution in [0.25, 0.3) is 5.76 Å². The van der Waals surface area contributed by atoms with Gasteiger partial charge in [-0.15, -0.1) is 0 Å². The first kappa shape index (κ1) is 7.66. The van der Waals surface area contributed by atoms with Gasteiger partial charge in [0.25, 0.3) is 0 Å². The zero-order chi connectivity index (χ0) is 8.43. The van der Waals surface area contributed by atoms with E-state index in [9.17, 15) is 0 Å². The molecule has 2 nitrogen and oxygen atoms in total. The van der Waals surface area contributed by atoms with E-state index in [1.165, 1.54) is 0 Å². The Hall–Kier alpha value is -1.44. The predicted molar refractivity (Wildman–Crippen MR) is 47.3 cm³/mol. The smallest absolute Gasteiger partial charge is 0.115 e. The molecule has 0 aliphatic rings. The van der Waals surface area contributed by atoms with E-state index in [-0.39, 0.29) is 5.76 Å². The maximum absolute atomic E-state index is 8.99. The van der Waals surface area contributed by atoms with Crippen molar-refractivity contribution in [3.63, 3.8) is 0 Å². The van der Waals surface area contributed by atoms with Crippen LogP contribution in [-0.4, -0.2) is 5.11 Å². The summed E-state index contributed by atoms with van der Waals surface area (Å²) in [5.41, 5.74) is 7.97. The lowest BCUT2D eigenvalue weighted by Crippen LogP contribution is -1.91. The lowest BCUT2D eigenvalue weighted by Gasteiger charge is -2.02. The third kappa shape index (κ3) is 1.52. The number of aryl methyl sites for hydroxylation is 1. The highest BCUT2D eigenvalue weighted by Gasteiger charge is 1.97. The normalized spacial score (nSPS) is 9.55. The molecule has 0 aliphatic carbocycles. The van der Waals surface area contributed by atoms with Crippen molar-refractivity contribution in [2.24, 2.45) is 0 Å². The van der Waals surface area contributed by atoms with Crippen molar-refractivity contribution in [1.29, 1.82) is 0 Å². The van der Waals surface area contributed by atoms with E-state index in [4.69, 9.17) is 10.8 Å². The van der Waals surface area contributed by atoms with Gasteiger partial charge in [0.1, 0.15) is 5.76 Å². The summed E-state index contributed by atoms with van der Waals surface area (Å²) in [5.74, 6) is 0.0525. The second-order valence-electron chi connectivity index (χ2n) is 2.52. The third-order valence-electron chi connectivity index (χ3n) is 1.61. The molecule has 11 heavy (non-hydrogen) atoms. The Morgan fingerprint density at radius 3 is 2.64 bits per heavy atom. The van der Waals surface area contributed by atoms with Crippen LogP contribution in [0.2, 0.25) is 0 Å². The fourth-order valence-corrected chi connectivity index (χ4v) is 0.820. The first-order valence-corrected chi connectivity index (χ1v) is 3.35. The van der Waals surface area contributed by atoms with Crippen LogP contribution in [0.5, 0.6) is 0 Å². The number of hydrogen-bond acceptors (Lipinski definition) is 2. The summed E-state index contributed by atoms with van der Waals surface area (Å²) in [4.78, 5) is 0. The van der Waals surface area contributed by atoms with Crippen LogP contribution in [-0.2, 0) is 0 Å². The van der Waals surface area contributed by atoms with E-state index in [2.05, 4.69) is 6.58 Å². The van der Waals surface area contributed by atoms with Crippen LogP contribution in [0.3, 0.4) is 0 Å². The molecule has 0 spiro atoms. The molecule has 0 aromatic heterocycles. The molecule has 0 amide bonds. The van der Waals surface area contributed by atoms with E-state index in [1.807, 2.05) is 13.0 Å². The summed E-state index contributed by atoms with van der Waals surface area (Å²) >= 11 is 0. The van der Waals surface area contributed by atoms with Crippen molar-refractivity contribution in [3.05, 3.63) is 35.9 Å². The van der Waals surface area contributed by atoms with Crippen molar-refractivity contribution in [2.45, 2.75) is 6.92 Å². The van der Waals surface area contributed by atoms with Gasteiger partial charge >= 0.3 is 0 Å². The Labute approximate surface area is 66.0 Å². The van der Waals surface area contributed by atoms with Crippen LogP contribution in [0, 0.1) is 6.92 Å². The summed E-state index contributed by atoms with van der Waals surface area (Å²) in [5, 5.41) is 8.99. The zero-order valence-electron chi connectivity index (χ0n) is 6.46. The van der Waals surface area contributed by atoms with Crippen LogP contribution in [0.4, 0.5) is 5.69 Å². The van der Waals surface area contributed by atoms with Gasteiger partial charge in [-0.2, -0.15) is 0 Å². The summed E-state index contributed by atoms with van der Waals surface area (Å²) in [6.07, 6.45) is 0. The molecule has 0 aliphatic heterocycles. The lowest BCUT2D eigenvalue weighted by molar-refractivity contribution is 0.514. The standard InChI is InChI=1S/C9H11NO/c1-6-3-4-8(7(2)11)5-9(6)10/h3-5,11H,2,10H2,1H3. The van der Waals surface area contributed by atoms with Gasteiger partial charge in [0.2, 0.25) is 0 Å². The minimum Gasteiger partial charge on any atom is -0.508 e. The molecular weight excluding hydrogens is 138 g/mol. The Balaban J connectivity index is 3.15. The molecule has 0 unspecified atom stereocenters. The molecule has 1 aromatic rings. The molecule has 58 valence electrons. The number of rotatable bonds is 1. The van der Waals surface area contributed by atoms with Gasteiger partial charge in [-0.1, -0.05) is 18.7 Å². The minimum absolute atomic E-state index is 0.0525. The number of nitrogens with two attached hydrogens (primary N) is 1. The Kier molecular flexibility index (Phi) is 1.85. The van der Waals surface area contributed by atoms with Crippen LogP contribution >= 0.6 is 0 Å². The maximum Gasteiger partial charge on any atom is 0.115 e. The highest BCUT2D eigenvalue weighted by atomic mass is 16.3. The molecule has 0 bridgehead atoms.